The maximum Gasteiger partial charge on any atom is 0.407 e. The lowest BCUT2D eigenvalue weighted by Gasteiger charge is -2.42. The molecule has 11 atom stereocenters. The van der Waals surface area contributed by atoms with Crippen molar-refractivity contribution >= 4 is 41.0 Å². The number of amides is 1. The molecule has 7 rings (SSSR count). The second-order valence-corrected chi connectivity index (χ2v) is 15.9. The number of aliphatic hydroxyl groups is 6. The van der Waals surface area contributed by atoms with E-state index in [1.54, 1.807) is 0 Å². The molecule has 3 aromatic rings. The number of alkyl carbamates (subject to hydrolysis) is 1. The van der Waals surface area contributed by atoms with E-state index in [0.29, 0.717) is 0 Å². The number of fused-ring (bicyclic) bond motifs is 3. The van der Waals surface area contributed by atoms with Crippen LogP contribution in [0.4, 0.5) is 4.79 Å². The number of ketones is 3. The van der Waals surface area contributed by atoms with Crippen LogP contribution in [-0.4, -0.2) is 150 Å². The molecule has 1 amide bonds. The van der Waals surface area contributed by atoms with Gasteiger partial charge in [0.2, 0.25) is 12.1 Å². The van der Waals surface area contributed by atoms with Crippen molar-refractivity contribution in [2.24, 2.45) is 0 Å². The Morgan fingerprint density at radius 1 is 0.921 bits per heavy atom. The number of aromatic hydroxyl groups is 2. The van der Waals surface area contributed by atoms with Crippen LogP contribution in [-0.2, 0) is 41.6 Å². The van der Waals surface area contributed by atoms with Crippen molar-refractivity contribution in [3.05, 3.63) is 80.4 Å². The highest BCUT2D eigenvalue weighted by molar-refractivity contribution is 6.31. The van der Waals surface area contributed by atoms with Gasteiger partial charge in [-0.1, -0.05) is 23.7 Å². The fraction of sp³-hybridized carbons (Fsp3) is 0.439. The van der Waals surface area contributed by atoms with Crippen LogP contribution in [0.2, 0.25) is 5.02 Å². The van der Waals surface area contributed by atoms with Crippen molar-refractivity contribution in [1.29, 1.82) is 0 Å². The van der Waals surface area contributed by atoms with Gasteiger partial charge in [-0.3, -0.25) is 14.4 Å². The number of hydrogen-bond donors (Lipinski definition) is 10. The van der Waals surface area contributed by atoms with Crippen molar-refractivity contribution < 1.29 is 98.4 Å². The Morgan fingerprint density at radius 2 is 1.63 bits per heavy atom. The molecule has 2 fully saturated rings. The van der Waals surface area contributed by atoms with Gasteiger partial charge in [0, 0.05) is 46.5 Å². The molecular formula is C41H42ClNO20. The van der Waals surface area contributed by atoms with Gasteiger partial charge in [-0.25, -0.2) is 9.59 Å². The number of rotatable bonds is 11. The zero-order chi connectivity index (χ0) is 45.8. The van der Waals surface area contributed by atoms with E-state index in [2.05, 4.69) is 5.32 Å². The number of phenolic OH excluding ortho intramolecular Hbond substituents is 2. The number of phenols is 2. The third-order valence-corrected chi connectivity index (χ3v) is 11.7. The van der Waals surface area contributed by atoms with E-state index >= 15 is 0 Å². The summed E-state index contributed by atoms with van der Waals surface area (Å²) in [4.78, 5) is 65.6. The average Bonchev–Trinajstić information content (AvgIpc) is 3.24. The van der Waals surface area contributed by atoms with Gasteiger partial charge in [-0.05, 0) is 31.2 Å². The molecule has 63 heavy (non-hydrogen) atoms. The lowest BCUT2D eigenvalue weighted by atomic mass is 9.72. The van der Waals surface area contributed by atoms with E-state index in [0.717, 1.165) is 0 Å². The van der Waals surface area contributed by atoms with Gasteiger partial charge in [-0.15, -0.1) is 0 Å². The standard InChI is InChI=1S/C41H42ClNO20/c1-14-29(46)19(43-40(56)59-13-15-8-16(42)6-7-20(15)62-39-36(53)34(51)35(52)37(63-39)38(54)55)9-24(60-14)61-22-11-41(57,23(45)12-44)10-18-26(22)33(50)28-27(31(18)48)30(47)17-4-3-5-21(58-2)25(17)32(28)49/h3-8,14,19,22,24,29,34-37,39,44,46,48,50-53,57H,9-13H2,1-2H3,(H,43,56)(H,54,55)/t14-,19-,22-,24-,29+,34-,35-,36+,37-,39+,41-/m0/s1. The number of methoxy groups -OCH3 is 1. The van der Waals surface area contributed by atoms with Gasteiger partial charge in [0.05, 0.1) is 42.0 Å². The van der Waals surface area contributed by atoms with E-state index in [9.17, 15) is 69.9 Å². The van der Waals surface area contributed by atoms with Gasteiger partial charge in [0.15, 0.2) is 24.0 Å². The fourth-order valence-electron chi connectivity index (χ4n) is 8.25. The van der Waals surface area contributed by atoms with Crippen LogP contribution in [0.1, 0.15) is 74.4 Å². The summed E-state index contributed by atoms with van der Waals surface area (Å²) in [5.41, 5.74) is -4.47. The number of Topliss-reactive ketones (excluding diaryl/α,β-unsaturated/α-hetero) is 1. The number of nitrogens with one attached hydrogen (secondary N) is 1. The minimum absolute atomic E-state index is 0.0113. The summed E-state index contributed by atoms with van der Waals surface area (Å²) < 4.78 is 33.5. The van der Waals surface area contributed by atoms with Crippen LogP contribution in [0.15, 0.2) is 36.4 Å². The third kappa shape index (κ3) is 8.28. The van der Waals surface area contributed by atoms with Crippen LogP contribution >= 0.6 is 11.6 Å². The smallest absolute Gasteiger partial charge is 0.407 e. The topological polar surface area (TPSA) is 335 Å². The molecule has 0 unspecified atom stereocenters. The molecule has 3 aromatic carbocycles. The number of halogens is 1. The molecule has 2 aliphatic carbocycles. The third-order valence-electron chi connectivity index (χ3n) is 11.5. The first-order chi connectivity index (χ1) is 29.8. The van der Waals surface area contributed by atoms with E-state index < -0.39 is 145 Å². The normalized spacial score (nSPS) is 30.0. The van der Waals surface area contributed by atoms with E-state index in [1.165, 1.54) is 50.4 Å². The molecule has 22 heteroatoms. The molecule has 0 radical (unpaired) electrons. The minimum atomic E-state index is -2.43. The first-order valence-corrected chi connectivity index (χ1v) is 19.7. The lowest BCUT2D eigenvalue weighted by Crippen LogP contribution is -2.61. The SMILES string of the molecule is COc1cccc2c1C(=O)c1c(O)c3c(c(O)c1C2=O)C[C@@](O)(C(=O)CO)C[C@@H]3O[C@H]1C[C@H](NC(=O)OCc2cc(Cl)ccc2O[C@@H]2O[C@H](C(=O)O)[C@@H](O)[C@H](O)[C@H]2O)[C@H](O)[C@H](C)O1. The summed E-state index contributed by atoms with van der Waals surface area (Å²) >= 11 is 6.15. The summed E-state index contributed by atoms with van der Waals surface area (Å²) in [6.45, 7) is -0.291. The Labute approximate surface area is 360 Å². The molecule has 0 bridgehead atoms. The Kier molecular flexibility index (Phi) is 12.7. The van der Waals surface area contributed by atoms with Crippen LogP contribution in [0.25, 0.3) is 0 Å². The average molecular weight is 904 g/mol. The highest BCUT2D eigenvalue weighted by Crippen LogP contribution is 2.52. The number of aliphatic hydroxyl groups excluding tert-OH is 5. The molecule has 4 aliphatic rings. The zero-order valence-electron chi connectivity index (χ0n) is 33.2. The number of aliphatic carboxylic acids is 1. The van der Waals surface area contributed by atoms with Crippen LogP contribution < -0.4 is 14.8 Å². The summed E-state index contributed by atoms with van der Waals surface area (Å²) in [7, 11) is 1.27. The van der Waals surface area contributed by atoms with Gasteiger partial charge in [0.25, 0.3) is 0 Å². The maximum atomic E-state index is 14.0. The monoisotopic (exact) mass is 903 g/mol. The Balaban J connectivity index is 1.11. The molecule has 0 spiro atoms. The molecule has 21 nitrogen and oxygen atoms in total. The second kappa shape index (κ2) is 17.6. The van der Waals surface area contributed by atoms with Crippen LogP contribution in [0, 0.1) is 0 Å². The Bertz CT molecular complexity index is 2360. The largest absolute Gasteiger partial charge is 0.507 e. The predicted molar refractivity (Wildman–Crippen MR) is 207 cm³/mol. The Hall–Kier alpha value is -5.46. The van der Waals surface area contributed by atoms with Crippen molar-refractivity contribution in [2.45, 2.75) is 99.7 Å². The number of carbonyl (C=O) groups excluding carboxylic acids is 4. The van der Waals surface area contributed by atoms with Crippen LogP contribution in [0.5, 0.6) is 23.0 Å². The second-order valence-electron chi connectivity index (χ2n) is 15.4. The molecule has 2 saturated heterocycles. The fourth-order valence-corrected chi connectivity index (χ4v) is 8.44. The van der Waals surface area contributed by atoms with Crippen molar-refractivity contribution in [3.63, 3.8) is 0 Å². The molecule has 2 aliphatic heterocycles. The molecule has 0 saturated carbocycles. The van der Waals surface area contributed by atoms with Gasteiger partial charge in [-0.2, -0.15) is 0 Å². The first-order valence-electron chi connectivity index (χ1n) is 19.3. The summed E-state index contributed by atoms with van der Waals surface area (Å²) in [5.74, 6) is -6.23. The molecule has 338 valence electrons. The van der Waals surface area contributed by atoms with Gasteiger partial charge >= 0.3 is 12.1 Å². The Morgan fingerprint density at radius 3 is 2.32 bits per heavy atom. The molecular weight excluding hydrogens is 862 g/mol. The van der Waals surface area contributed by atoms with Crippen molar-refractivity contribution in [2.75, 3.05) is 13.7 Å². The van der Waals surface area contributed by atoms with Crippen molar-refractivity contribution in [1.82, 2.24) is 5.32 Å². The summed E-state index contributed by atoms with van der Waals surface area (Å²) in [6, 6.07) is 6.95. The summed E-state index contributed by atoms with van der Waals surface area (Å²) in [6.07, 6.45) is -17.9. The van der Waals surface area contributed by atoms with Gasteiger partial charge < -0.3 is 79.7 Å². The van der Waals surface area contributed by atoms with E-state index in [1.807, 2.05) is 0 Å². The number of carboxylic acid groups (broad SMARTS) is 1. The molecule has 10 N–H and O–H groups in total. The number of benzene rings is 3. The van der Waals surface area contributed by atoms with Crippen LogP contribution in [0.3, 0.4) is 0 Å². The minimum Gasteiger partial charge on any atom is -0.507 e. The van der Waals surface area contributed by atoms with E-state index in [-0.39, 0.29) is 50.8 Å². The first kappa shape index (κ1) is 45.6. The number of carbonyl (C=O) groups is 5. The van der Waals surface area contributed by atoms with Gasteiger partial charge in [0.1, 0.15) is 66.2 Å². The number of hydrogen-bond acceptors (Lipinski definition) is 19. The number of carboxylic acids is 1. The molecule has 0 aromatic heterocycles. The highest BCUT2D eigenvalue weighted by atomic mass is 35.5. The highest BCUT2D eigenvalue weighted by Gasteiger charge is 2.51. The predicted octanol–water partition coefficient (Wildman–Crippen LogP) is -0.107. The summed E-state index contributed by atoms with van der Waals surface area (Å²) in [5, 5.41) is 98.5. The quantitative estimate of drug-likeness (QED) is 0.0878. The van der Waals surface area contributed by atoms with Crippen molar-refractivity contribution in [3.8, 4) is 23.0 Å². The lowest BCUT2D eigenvalue weighted by molar-refractivity contribution is -0.271. The molecule has 2 heterocycles. The maximum absolute atomic E-state index is 14.0. The van der Waals surface area contributed by atoms with E-state index in [4.69, 9.17) is 40.0 Å². The number of ether oxygens (including phenoxy) is 6. The zero-order valence-corrected chi connectivity index (χ0v) is 33.9.